The zero-order valence-corrected chi connectivity index (χ0v) is 14.9. The molecule has 1 aliphatic heterocycles. The number of carboxylic acids is 1. The van der Waals surface area contributed by atoms with Crippen molar-refractivity contribution in [2.45, 2.75) is 0 Å². The van der Waals surface area contributed by atoms with E-state index in [2.05, 4.69) is 0 Å². The van der Waals surface area contributed by atoms with Crippen molar-refractivity contribution in [3.63, 3.8) is 0 Å². The van der Waals surface area contributed by atoms with Gasteiger partial charge >= 0.3 is 5.97 Å². The molecule has 7 heteroatoms. The van der Waals surface area contributed by atoms with Gasteiger partial charge in [0.25, 0.3) is 5.56 Å². The van der Waals surface area contributed by atoms with Crippen molar-refractivity contribution < 1.29 is 9.90 Å². The van der Waals surface area contributed by atoms with Gasteiger partial charge < -0.3 is 14.6 Å². The van der Waals surface area contributed by atoms with Crippen LogP contribution in [0.4, 0.5) is 5.69 Å². The molecule has 0 saturated heterocycles. The van der Waals surface area contributed by atoms with Gasteiger partial charge in [-0.2, -0.15) is 5.26 Å². The molecule has 0 saturated carbocycles. The van der Waals surface area contributed by atoms with Crippen LogP contribution in [0.15, 0.2) is 47.4 Å². The minimum Gasteiger partial charge on any atom is -0.477 e. The van der Waals surface area contributed by atoms with Crippen LogP contribution in [0.25, 0.3) is 17.2 Å². The zero-order valence-electron chi connectivity index (χ0n) is 14.1. The lowest BCUT2D eigenvalue weighted by atomic mass is 10.00. The molecule has 0 radical (unpaired) electrons. The third kappa shape index (κ3) is 2.98. The average molecular weight is 365 g/mol. The summed E-state index contributed by atoms with van der Waals surface area (Å²) in [6, 6.07) is 9.56. The summed E-state index contributed by atoms with van der Waals surface area (Å²) in [5, 5.41) is 18.1. The van der Waals surface area contributed by atoms with Crippen LogP contribution >= 0.6 is 11.3 Å². The van der Waals surface area contributed by atoms with Gasteiger partial charge in [-0.1, -0.05) is 24.3 Å². The van der Waals surface area contributed by atoms with Crippen LogP contribution in [0.5, 0.6) is 0 Å². The number of thiazole rings is 1. The number of rotatable bonds is 2. The number of nitrogens with zero attached hydrogens (tertiary/aromatic N) is 3. The molecule has 0 amide bonds. The van der Waals surface area contributed by atoms with Gasteiger partial charge in [-0.15, -0.1) is 11.3 Å². The Morgan fingerprint density at radius 2 is 2.00 bits per heavy atom. The van der Waals surface area contributed by atoms with Gasteiger partial charge in [-0.25, -0.2) is 4.79 Å². The minimum absolute atomic E-state index is 0.133. The van der Waals surface area contributed by atoms with Gasteiger partial charge in [0.1, 0.15) is 10.7 Å². The van der Waals surface area contributed by atoms with E-state index >= 15 is 0 Å². The second kappa shape index (κ2) is 6.86. The standard InChI is InChI=1S/C19H15N3O3S/c1-21-10-9-12(13-5-3-4-6-15(13)21)7-8-16-17(23)22(2)18(26-16)14(11-20)19(24)25/h3-10H,1-2H3,(H,24,25)/b12-7?,16-8?,18-14+. The molecule has 0 fully saturated rings. The van der Waals surface area contributed by atoms with E-state index in [4.69, 9.17) is 10.4 Å². The quantitative estimate of drug-likeness (QED) is 0.859. The Kier molecular flexibility index (Phi) is 4.61. The number of carboxylic acid groups (broad SMARTS) is 1. The maximum absolute atomic E-state index is 12.4. The number of fused-ring (bicyclic) bond motifs is 1. The van der Waals surface area contributed by atoms with Crippen LogP contribution in [0.1, 0.15) is 5.56 Å². The highest BCUT2D eigenvalue weighted by atomic mass is 32.1. The molecule has 3 rings (SSSR count). The van der Waals surface area contributed by atoms with E-state index in [1.54, 1.807) is 12.1 Å². The van der Waals surface area contributed by atoms with Crippen LogP contribution in [-0.4, -0.2) is 22.7 Å². The number of benzene rings is 1. The number of allylic oxidation sites excluding steroid dienone is 3. The number of aromatic nitrogens is 1. The summed E-state index contributed by atoms with van der Waals surface area (Å²) in [5.74, 6) is -1.35. The largest absolute Gasteiger partial charge is 0.477 e. The van der Waals surface area contributed by atoms with E-state index in [1.165, 1.54) is 11.6 Å². The minimum atomic E-state index is -1.35. The first-order chi connectivity index (χ1) is 12.4. The van der Waals surface area contributed by atoms with Gasteiger partial charge in [-0.3, -0.25) is 4.79 Å². The van der Waals surface area contributed by atoms with E-state index in [-0.39, 0.29) is 10.2 Å². The molecular weight excluding hydrogens is 350 g/mol. The molecule has 26 heavy (non-hydrogen) atoms. The molecule has 0 spiro atoms. The summed E-state index contributed by atoms with van der Waals surface area (Å²) in [6.45, 7) is 0. The fraction of sp³-hybridized carbons (Fsp3) is 0.105. The lowest BCUT2D eigenvalue weighted by Crippen LogP contribution is -2.30. The highest BCUT2D eigenvalue weighted by molar-refractivity contribution is 7.07. The predicted molar refractivity (Wildman–Crippen MR) is 102 cm³/mol. The van der Waals surface area contributed by atoms with Gasteiger partial charge in [0.2, 0.25) is 0 Å². The maximum atomic E-state index is 12.4. The van der Waals surface area contributed by atoms with Crippen molar-refractivity contribution in [3.8, 4) is 6.07 Å². The first-order valence-corrected chi connectivity index (χ1v) is 8.51. The predicted octanol–water partition coefficient (Wildman–Crippen LogP) is 1.03. The van der Waals surface area contributed by atoms with Crippen LogP contribution in [0, 0.1) is 11.3 Å². The van der Waals surface area contributed by atoms with E-state index < -0.39 is 11.5 Å². The van der Waals surface area contributed by atoms with Gasteiger partial charge in [0.15, 0.2) is 5.57 Å². The molecule has 6 nitrogen and oxygen atoms in total. The van der Waals surface area contributed by atoms with Crippen LogP contribution in [-0.2, 0) is 11.8 Å². The third-order valence-corrected chi connectivity index (χ3v) is 5.26. The fourth-order valence-corrected chi connectivity index (χ4v) is 3.71. The highest BCUT2D eigenvalue weighted by Crippen LogP contribution is 2.31. The van der Waals surface area contributed by atoms with Gasteiger partial charge in [0.05, 0.1) is 4.53 Å². The van der Waals surface area contributed by atoms with Crippen molar-refractivity contribution in [2.75, 3.05) is 11.9 Å². The lowest BCUT2D eigenvalue weighted by molar-refractivity contribution is -0.130. The number of nitriles is 1. The molecule has 0 bridgehead atoms. The summed E-state index contributed by atoms with van der Waals surface area (Å²) in [4.78, 5) is 25.6. The van der Waals surface area contributed by atoms with E-state index in [0.717, 1.165) is 28.2 Å². The van der Waals surface area contributed by atoms with Crippen molar-refractivity contribution >= 4 is 40.2 Å². The number of aliphatic carboxylic acids is 1. The Morgan fingerprint density at radius 1 is 1.27 bits per heavy atom. The Bertz CT molecular complexity index is 1180. The number of anilines is 1. The van der Waals surface area contributed by atoms with Gasteiger partial charge in [-0.05, 0) is 23.8 Å². The molecule has 1 aromatic heterocycles. The van der Waals surface area contributed by atoms with Crippen molar-refractivity contribution in [3.05, 3.63) is 67.7 Å². The molecule has 0 unspecified atom stereocenters. The Balaban J connectivity index is 2.19. The van der Waals surface area contributed by atoms with E-state index in [9.17, 15) is 9.59 Å². The number of para-hydroxylation sites is 1. The van der Waals surface area contributed by atoms with Crippen LogP contribution in [0.2, 0.25) is 0 Å². The Labute approximate surface area is 153 Å². The first kappa shape index (κ1) is 17.5. The highest BCUT2D eigenvalue weighted by Gasteiger charge is 2.13. The number of carbonyl (C=O) groups is 1. The third-order valence-electron chi connectivity index (χ3n) is 4.05. The normalized spacial score (nSPS) is 16.4. The molecule has 2 heterocycles. The molecule has 2 aromatic rings. The fourth-order valence-electron chi connectivity index (χ4n) is 2.68. The number of hydrogen-bond donors (Lipinski definition) is 1. The number of hydrogen-bond acceptors (Lipinski definition) is 5. The van der Waals surface area contributed by atoms with Crippen LogP contribution < -0.4 is 19.7 Å². The smallest absolute Gasteiger partial charge is 0.349 e. The molecule has 0 aliphatic carbocycles. The van der Waals surface area contributed by atoms with E-state index in [0.29, 0.717) is 4.53 Å². The van der Waals surface area contributed by atoms with Gasteiger partial charge in [0, 0.05) is 31.5 Å². The van der Waals surface area contributed by atoms with Crippen molar-refractivity contribution in [1.29, 1.82) is 5.26 Å². The van der Waals surface area contributed by atoms with Crippen molar-refractivity contribution in [2.24, 2.45) is 7.05 Å². The summed E-state index contributed by atoms with van der Waals surface area (Å²) >= 11 is 0.993. The molecule has 1 N–H and O–H groups in total. The second-order valence-electron chi connectivity index (χ2n) is 5.66. The molecule has 0 atom stereocenters. The topological polar surface area (TPSA) is 86.3 Å². The molecule has 1 aliphatic rings. The monoisotopic (exact) mass is 365 g/mol. The maximum Gasteiger partial charge on any atom is 0.349 e. The average Bonchev–Trinajstić information content (AvgIpc) is 2.90. The second-order valence-corrected chi connectivity index (χ2v) is 6.69. The summed E-state index contributed by atoms with van der Waals surface area (Å²) in [6.07, 6.45) is 7.37. The van der Waals surface area contributed by atoms with Crippen molar-refractivity contribution in [1.82, 2.24) is 4.57 Å². The summed E-state index contributed by atoms with van der Waals surface area (Å²) in [5.41, 5.74) is 2.27. The van der Waals surface area contributed by atoms with E-state index in [1.807, 2.05) is 54.6 Å². The zero-order chi connectivity index (χ0) is 18.8. The first-order valence-electron chi connectivity index (χ1n) is 7.70. The Hall–Kier alpha value is -3.37. The Morgan fingerprint density at radius 3 is 2.69 bits per heavy atom. The molecule has 130 valence electrons. The molecule has 1 aromatic carbocycles. The SMILES string of the molecule is CN1C=CC(=CC=c2s/c(=C(\C#N)C(=O)O)n(C)c2=O)c2ccccc21. The molecular formula is C19H15N3O3S. The summed E-state index contributed by atoms with van der Waals surface area (Å²) in [7, 11) is 3.42. The summed E-state index contributed by atoms with van der Waals surface area (Å²) < 4.78 is 1.70. The lowest BCUT2D eigenvalue weighted by Gasteiger charge is -2.23. The van der Waals surface area contributed by atoms with Crippen LogP contribution in [0.3, 0.4) is 0 Å².